The van der Waals surface area contributed by atoms with Gasteiger partial charge in [-0.15, -0.1) is 0 Å². The van der Waals surface area contributed by atoms with Crippen LogP contribution in [-0.2, 0) is 17.8 Å². The highest BCUT2D eigenvalue weighted by Gasteiger charge is 2.20. The number of ether oxygens (including phenoxy) is 1. The molecule has 0 aliphatic carbocycles. The van der Waals surface area contributed by atoms with Gasteiger partial charge in [0.25, 0.3) is 0 Å². The molecule has 0 amide bonds. The second-order valence-electron chi connectivity index (χ2n) is 6.58. The van der Waals surface area contributed by atoms with Crippen LogP contribution in [0.15, 0.2) is 48.5 Å². The minimum atomic E-state index is -2.64. The molecule has 1 atom stereocenters. The van der Waals surface area contributed by atoms with E-state index in [1.165, 1.54) is 0 Å². The van der Waals surface area contributed by atoms with Crippen molar-refractivity contribution in [1.82, 2.24) is 0 Å². The molecule has 0 saturated heterocycles. The first kappa shape index (κ1) is 14.5. The number of hydrogen-bond donors (Lipinski definition) is 1. The Hall–Kier alpha value is -2.63. The summed E-state index contributed by atoms with van der Waals surface area (Å²) in [6.07, 6.45) is 1.98. The van der Waals surface area contributed by atoms with Gasteiger partial charge in [-0.3, -0.25) is 4.79 Å². The van der Waals surface area contributed by atoms with Gasteiger partial charge in [0.05, 0.1) is 31.1 Å². The number of hydrogen-bond acceptors (Lipinski definition) is 3. The van der Waals surface area contributed by atoms with E-state index in [1.54, 1.807) is 18.2 Å². The van der Waals surface area contributed by atoms with Gasteiger partial charge in [-0.2, -0.15) is 0 Å². The number of hydroxylamine groups is 3. The Labute approximate surface area is 157 Å². The van der Waals surface area contributed by atoms with Crippen molar-refractivity contribution in [1.29, 1.82) is 0 Å². The molecule has 136 valence electrons. The molecule has 1 N–H and O–H groups in total. The summed E-state index contributed by atoms with van der Waals surface area (Å²) in [4.78, 5) is 11.1. The quantitative estimate of drug-likeness (QED) is 0.656. The van der Waals surface area contributed by atoms with Crippen LogP contribution in [0.25, 0.3) is 5.57 Å². The molecular weight excluding hydrogens is 330 g/mol. The minimum Gasteiger partial charge on any atom is -0.633 e. The zero-order chi connectivity index (χ0) is 21.2. The Balaban J connectivity index is 2.03. The lowest BCUT2D eigenvalue weighted by Crippen LogP contribution is -2.32. The first-order chi connectivity index (χ1) is 13.6. The predicted molar refractivity (Wildman–Crippen MR) is 101 cm³/mol. The molecule has 1 aliphatic rings. The number of aliphatic carboxylic acids is 1. The highest BCUT2D eigenvalue weighted by Crippen LogP contribution is 2.37. The fourth-order valence-corrected chi connectivity index (χ4v) is 3.08. The van der Waals surface area contributed by atoms with E-state index in [4.69, 9.17) is 14.0 Å². The van der Waals surface area contributed by atoms with Crippen LogP contribution in [0, 0.1) is 5.21 Å². The molecular formula is C21H23NO4. The van der Waals surface area contributed by atoms with Gasteiger partial charge in [0.1, 0.15) is 12.4 Å². The average molecular weight is 356 g/mol. The van der Waals surface area contributed by atoms with E-state index < -0.39 is 17.6 Å². The molecule has 3 rings (SSSR count). The van der Waals surface area contributed by atoms with Gasteiger partial charge in [-0.1, -0.05) is 36.4 Å². The van der Waals surface area contributed by atoms with Gasteiger partial charge >= 0.3 is 5.97 Å². The van der Waals surface area contributed by atoms with Crippen molar-refractivity contribution in [2.75, 3.05) is 20.6 Å². The normalized spacial score (nSPS) is 19.0. The van der Waals surface area contributed by atoms with Gasteiger partial charge in [0.15, 0.2) is 0 Å². The third-order valence-corrected chi connectivity index (χ3v) is 4.28. The van der Waals surface area contributed by atoms with Gasteiger partial charge in [-0.25, -0.2) is 0 Å². The lowest BCUT2D eigenvalue weighted by molar-refractivity contribution is -0.839. The first-order valence-corrected chi connectivity index (χ1v) is 8.41. The van der Waals surface area contributed by atoms with Crippen molar-refractivity contribution < 1.29 is 23.4 Å². The van der Waals surface area contributed by atoms with Crippen LogP contribution in [0.4, 0.5) is 0 Å². The Bertz CT molecular complexity index is 951. The lowest BCUT2D eigenvalue weighted by atomic mass is 9.92. The molecule has 5 heteroatoms. The Kier molecular flexibility index (Phi) is 4.09. The summed E-state index contributed by atoms with van der Waals surface area (Å²) in [5, 5.41) is 21.5. The summed E-state index contributed by atoms with van der Waals surface area (Å²) in [6, 6.07) is 13.0. The van der Waals surface area contributed by atoms with Gasteiger partial charge < -0.3 is 19.7 Å². The maximum Gasteiger partial charge on any atom is 0.307 e. The maximum atomic E-state index is 12.4. The van der Waals surface area contributed by atoms with E-state index in [2.05, 4.69) is 0 Å². The monoisotopic (exact) mass is 356 g/mol. The Morgan fingerprint density at radius 3 is 2.92 bits per heavy atom. The predicted octanol–water partition coefficient (Wildman–Crippen LogP) is 3.60. The molecule has 1 unspecified atom stereocenters. The van der Waals surface area contributed by atoms with Crippen molar-refractivity contribution in [2.45, 2.75) is 19.4 Å². The number of rotatable bonds is 5. The zero-order valence-corrected chi connectivity index (χ0v) is 14.6. The topological polar surface area (TPSA) is 69.6 Å². The highest BCUT2D eigenvalue weighted by atomic mass is 16.5. The fraction of sp³-hybridized carbons (Fsp3) is 0.286. The van der Waals surface area contributed by atoms with Crippen LogP contribution in [0.5, 0.6) is 5.75 Å². The molecule has 0 bridgehead atoms. The smallest absolute Gasteiger partial charge is 0.307 e. The number of benzene rings is 2. The zero-order valence-electron chi connectivity index (χ0n) is 17.6. The molecule has 2 aromatic carbocycles. The van der Waals surface area contributed by atoms with Gasteiger partial charge in [0, 0.05) is 12.0 Å². The van der Waals surface area contributed by atoms with E-state index in [1.807, 2.05) is 30.3 Å². The second kappa shape index (κ2) is 7.32. The van der Waals surface area contributed by atoms with Crippen LogP contribution in [-0.4, -0.2) is 36.3 Å². The number of carboxylic acids is 1. The molecule has 0 spiro atoms. The van der Waals surface area contributed by atoms with E-state index in [-0.39, 0.29) is 19.4 Å². The van der Waals surface area contributed by atoms with Crippen LogP contribution >= 0.6 is 0 Å². The van der Waals surface area contributed by atoms with Gasteiger partial charge in [-0.05, 0) is 34.4 Å². The minimum absolute atomic E-state index is 0.104. The lowest BCUT2D eigenvalue weighted by Gasteiger charge is -2.33. The van der Waals surface area contributed by atoms with Gasteiger partial charge in [0.2, 0.25) is 0 Å². The molecule has 26 heavy (non-hydrogen) atoms. The summed E-state index contributed by atoms with van der Waals surface area (Å²) in [5.41, 5.74) is 4.07. The van der Waals surface area contributed by atoms with Crippen molar-refractivity contribution >= 4 is 11.5 Å². The Morgan fingerprint density at radius 2 is 2.15 bits per heavy atom. The molecule has 0 aromatic heterocycles. The van der Waals surface area contributed by atoms with Crippen molar-refractivity contribution in [3.8, 4) is 5.75 Å². The van der Waals surface area contributed by atoms with Crippen LogP contribution in [0.1, 0.15) is 32.8 Å². The van der Waals surface area contributed by atoms with E-state index in [9.17, 15) is 10.0 Å². The first-order valence-electron chi connectivity index (χ1n) is 9.91. The molecule has 0 saturated carbocycles. The summed E-state index contributed by atoms with van der Waals surface area (Å²) in [7, 11) is 1.15. The average Bonchev–Trinajstić information content (AvgIpc) is 2.77. The van der Waals surface area contributed by atoms with E-state index in [0.29, 0.717) is 17.9 Å². The van der Waals surface area contributed by atoms with Crippen LogP contribution in [0.3, 0.4) is 0 Å². The van der Waals surface area contributed by atoms with Crippen LogP contribution < -0.4 is 4.74 Å². The third-order valence-electron chi connectivity index (χ3n) is 4.28. The van der Waals surface area contributed by atoms with E-state index in [0.717, 1.165) is 29.3 Å². The molecule has 5 nitrogen and oxygen atoms in total. The summed E-state index contributed by atoms with van der Waals surface area (Å²) in [6.45, 7) is -2.38. The second-order valence-corrected chi connectivity index (χ2v) is 6.58. The third kappa shape index (κ3) is 4.31. The van der Waals surface area contributed by atoms with Crippen molar-refractivity contribution in [3.63, 3.8) is 0 Å². The molecule has 1 aliphatic heterocycles. The standard InChI is InChI=1S/C21H23NO4/c1-22(2,25)11-5-8-18-17-7-4-3-6-16(17)14-26-20-10-9-15(12-19(18)20)13-21(23)24/h3-4,6-10,12H,5,11,13-14H2,1-2H3,(H,23,24)/b18-8+/i1D3. The number of nitrogens with zero attached hydrogens (tertiary/aromatic N) is 1. The fourth-order valence-electron chi connectivity index (χ4n) is 3.08. The molecule has 0 fully saturated rings. The summed E-state index contributed by atoms with van der Waals surface area (Å²) >= 11 is 0. The summed E-state index contributed by atoms with van der Waals surface area (Å²) < 4.78 is 26.8. The Morgan fingerprint density at radius 1 is 1.35 bits per heavy atom. The van der Waals surface area contributed by atoms with Crippen molar-refractivity contribution in [3.05, 3.63) is 76.0 Å². The largest absolute Gasteiger partial charge is 0.633 e. The highest BCUT2D eigenvalue weighted by molar-refractivity contribution is 5.85. The van der Waals surface area contributed by atoms with Crippen molar-refractivity contribution in [2.24, 2.45) is 0 Å². The molecule has 2 aromatic rings. The number of fused-ring (bicyclic) bond motifs is 2. The maximum absolute atomic E-state index is 12.4. The van der Waals surface area contributed by atoms with Crippen LogP contribution in [0.2, 0.25) is 0 Å². The number of quaternary nitrogens is 1. The van der Waals surface area contributed by atoms with E-state index >= 15 is 0 Å². The summed E-state index contributed by atoms with van der Waals surface area (Å²) in [5.74, 6) is -0.306. The molecule has 1 heterocycles. The SMILES string of the molecule is [2H]C([2H])([2H])[N+](C)([O-])CC/C=C1\c2ccccc2COc2ccc(CC(=O)O)cc21. The number of carbonyl (C=O) groups is 1. The molecule has 0 radical (unpaired) electrons. The number of carboxylic acid groups (broad SMARTS) is 1.